The zero-order valence-electron chi connectivity index (χ0n) is 11.7. The lowest BCUT2D eigenvalue weighted by molar-refractivity contribution is -0.144. The standard InChI is InChI=1S/C14H17FO6/c1-3-21-14(19)9-5-4-8(15)6-10(9)13(18)11(16)7-12(17)20-2/h4-6,11,13,16,18H,3,7H2,1-2H3. The van der Waals surface area contributed by atoms with Crippen LogP contribution in [-0.2, 0) is 14.3 Å². The van der Waals surface area contributed by atoms with E-state index in [-0.39, 0.29) is 17.7 Å². The molecule has 0 saturated heterocycles. The first-order valence-corrected chi connectivity index (χ1v) is 6.30. The number of aliphatic hydroxyl groups is 2. The van der Waals surface area contributed by atoms with Crippen LogP contribution in [0.4, 0.5) is 4.39 Å². The lowest BCUT2D eigenvalue weighted by Gasteiger charge is -2.19. The fourth-order valence-electron chi connectivity index (χ4n) is 1.75. The lowest BCUT2D eigenvalue weighted by atomic mass is 9.97. The van der Waals surface area contributed by atoms with E-state index in [9.17, 15) is 24.2 Å². The van der Waals surface area contributed by atoms with Crippen LogP contribution in [0.5, 0.6) is 0 Å². The summed E-state index contributed by atoms with van der Waals surface area (Å²) < 4.78 is 22.5. The van der Waals surface area contributed by atoms with E-state index in [4.69, 9.17) is 4.74 Å². The topological polar surface area (TPSA) is 93.1 Å². The number of rotatable bonds is 6. The van der Waals surface area contributed by atoms with Gasteiger partial charge >= 0.3 is 11.9 Å². The van der Waals surface area contributed by atoms with Gasteiger partial charge in [0.2, 0.25) is 0 Å². The predicted molar refractivity (Wildman–Crippen MR) is 70.0 cm³/mol. The minimum absolute atomic E-state index is 0.0744. The highest BCUT2D eigenvalue weighted by molar-refractivity contribution is 5.91. The number of benzene rings is 1. The van der Waals surface area contributed by atoms with E-state index in [1.165, 1.54) is 0 Å². The van der Waals surface area contributed by atoms with E-state index in [0.717, 1.165) is 25.3 Å². The number of carbonyl (C=O) groups is 2. The minimum atomic E-state index is -1.63. The zero-order chi connectivity index (χ0) is 16.0. The first-order chi connectivity index (χ1) is 9.90. The third-order valence-electron chi connectivity index (χ3n) is 2.80. The molecule has 2 unspecified atom stereocenters. The summed E-state index contributed by atoms with van der Waals surface area (Å²) in [6, 6.07) is 3.10. The smallest absolute Gasteiger partial charge is 0.338 e. The number of hydrogen-bond acceptors (Lipinski definition) is 6. The van der Waals surface area contributed by atoms with Gasteiger partial charge in [0.25, 0.3) is 0 Å². The Morgan fingerprint density at radius 2 is 2.00 bits per heavy atom. The number of halogens is 1. The number of aliphatic hydroxyl groups excluding tert-OH is 2. The Morgan fingerprint density at radius 1 is 1.33 bits per heavy atom. The van der Waals surface area contributed by atoms with Crippen molar-refractivity contribution in [2.45, 2.75) is 25.6 Å². The lowest BCUT2D eigenvalue weighted by Crippen LogP contribution is -2.24. The van der Waals surface area contributed by atoms with Crippen molar-refractivity contribution in [3.63, 3.8) is 0 Å². The molecule has 0 saturated carbocycles. The van der Waals surface area contributed by atoms with Crippen molar-refractivity contribution in [1.29, 1.82) is 0 Å². The summed E-state index contributed by atoms with van der Waals surface area (Å²) in [6.07, 6.45) is -3.65. The SMILES string of the molecule is CCOC(=O)c1ccc(F)cc1C(O)C(O)CC(=O)OC. The highest BCUT2D eigenvalue weighted by Crippen LogP contribution is 2.25. The van der Waals surface area contributed by atoms with Gasteiger partial charge in [-0.1, -0.05) is 0 Å². The molecular formula is C14H17FO6. The van der Waals surface area contributed by atoms with Crippen LogP contribution >= 0.6 is 0 Å². The summed E-state index contributed by atoms with van der Waals surface area (Å²) in [5.41, 5.74) is -0.223. The first-order valence-electron chi connectivity index (χ1n) is 6.30. The Labute approximate surface area is 121 Å². The molecule has 0 aliphatic heterocycles. The van der Waals surface area contributed by atoms with Crippen LogP contribution < -0.4 is 0 Å². The summed E-state index contributed by atoms with van der Waals surface area (Å²) in [7, 11) is 1.13. The van der Waals surface area contributed by atoms with E-state index >= 15 is 0 Å². The summed E-state index contributed by atoms with van der Waals surface area (Å²) in [4.78, 5) is 22.8. The van der Waals surface area contributed by atoms with E-state index in [1.54, 1.807) is 6.92 Å². The van der Waals surface area contributed by atoms with Crippen molar-refractivity contribution in [2.75, 3.05) is 13.7 Å². The molecule has 0 bridgehead atoms. The van der Waals surface area contributed by atoms with Crippen molar-refractivity contribution in [2.24, 2.45) is 0 Å². The summed E-state index contributed by atoms with van der Waals surface area (Å²) >= 11 is 0. The van der Waals surface area contributed by atoms with Crippen LogP contribution in [0.2, 0.25) is 0 Å². The molecule has 7 heteroatoms. The third kappa shape index (κ3) is 4.51. The second-order valence-electron chi connectivity index (χ2n) is 4.24. The largest absolute Gasteiger partial charge is 0.469 e. The van der Waals surface area contributed by atoms with Crippen molar-refractivity contribution in [3.8, 4) is 0 Å². The molecule has 21 heavy (non-hydrogen) atoms. The first kappa shape index (κ1) is 17.1. The van der Waals surface area contributed by atoms with Gasteiger partial charge in [-0.25, -0.2) is 9.18 Å². The Kier molecular flexibility index (Phi) is 6.26. The van der Waals surface area contributed by atoms with E-state index in [0.29, 0.717) is 0 Å². The Hall–Kier alpha value is -1.99. The second-order valence-corrected chi connectivity index (χ2v) is 4.24. The van der Waals surface area contributed by atoms with E-state index < -0.39 is 36.4 Å². The molecule has 2 atom stereocenters. The van der Waals surface area contributed by atoms with Crippen molar-refractivity contribution in [1.82, 2.24) is 0 Å². The van der Waals surface area contributed by atoms with Crippen LogP contribution in [0.1, 0.15) is 35.4 Å². The third-order valence-corrected chi connectivity index (χ3v) is 2.80. The van der Waals surface area contributed by atoms with Gasteiger partial charge in [0.05, 0.1) is 31.8 Å². The predicted octanol–water partition coefficient (Wildman–Crippen LogP) is 0.960. The highest BCUT2D eigenvalue weighted by Gasteiger charge is 2.27. The van der Waals surface area contributed by atoms with Crippen molar-refractivity contribution < 1.29 is 33.7 Å². The average molecular weight is 300 g/mol. The molecule has 116 valence electrons. The molecule has 0 aliphatic carbocycles. The van der Waals surface area contributed by atoms with Gasteiger partial charge < -0.3 is 19.7 Å². The highest BCUT2D eigenvalue weighted by atomic mass is 19.1. The van der Waals surface area contributed by atoms with Gasteiger partial charge in [0, 0.05) is 5.56 Å². The summed E-state index contributed by atoms with van der Waals surface area (Å²) in [5, 5.41) is 19.8. The van der Waals surface area contributed by atoms with Crippen molar-refractivity contribution in [3.05, 3.63) is 35.1 Å². The quantitative estimate of drug-likeness (QED) is 0.760. The Balaban J connectivity index is 3.06. The number of methoxy groups -OCH3 is 1. The van der Waals surface area contributed by atoms with Gasteiger partial charge in [0.1, 0.15) is 11.9 Å². The zero-order valence-corrected chi connectivity index (χ0v) is 11.7. The number of esters is 2. The van der Waals surface area contributed by atoms with Gasteiger partial charge in [-0.05, 0) is 25.1 Å². The molecule has 2 N–H and O–H groups in total. The minimum Gasteiger partial charge on any atom is -0.469 e. The number of hydrogen-bond donors (Lipinski definition) is 2. The number of carbonyl (C=O) groups excluding carboxylic acids is 2. The van der Waals surface area contributed by atoms with Crippen LogP contribution in [0, 0.1) is 5.82 Å². The molecular weight excluding hydrogens is 283 g/mol. The summed E-state index contributed by atoms with van der Waals surface area (Å²) in [5.74, 6) is -2.19. The van der Waals surface area contributed by atoms with E-state index in [1.807, 2.05) is 0 Å². The van der Waals surface area contributed by atoms with Crippen LogP contribution in [-0.4, -0.2) is 42.0 Å². The Morgan fingerprint density at radius 3 is 2.57 bits per heavy atom. The van der Waals surface area contributed by atoms with Crippen molar-refractivity contribution >= 4 is 11.9 Å². The molecule has 1 rings (SSSR count). The molecule has 0 radical (unpaired) electrons. The molecule has 0 spiro atoms. The molecule has 0 aromatic heterocycles. The van der Waals surface area contributed by atoms with Crippen LogP contribution in [0.15, 0.2) is 18.2 Å². The molecule has 0 aliphatic rings. The van der Waals surface area contributed by atoms with Gasteiger partial charge in [0.15, 0.2) is 0 Å². The molecule has 0 fully saturated rings. The van der Waals surface area contributed by atoms with Crippen LogP contribution in [0.3, 0.4) is 0 Å². The Bertz CT molecular complexity index is 516. The molecule has 6 nitrogen and oxygen atoms in total. The normalized spacial score (nSPS) is 13.4. The van der Waals surface area contributed by atoms with E-state index in [2.05, 4.69) is 4.74 Å². The molecule has 0 amide bonds. The molecule has 0 heterocycles. The fraction of sp³-hybridized carbons (Fsp3) is 0.429. The maximum atomic E-state index is 13.3. The average Bonchev–Trinajstić information content (AvgIpc) is 2.46. The van der Waals surface area contributed by atoms with Crippen LogP contribution in [0.25, 0.3) is 0 Å². The monoisotopic (exact) mass is 300 g/mol. The number of ether oxygens (including phenoxy) is 2. The maximum absolute atomic E-state index is 13.3. The van der Waals surface area contributed by atoms with Gasteiger partial charge in [-0.2, -0.15) is 0 Å². The second kappa shape index (κ2) is 7.70. The van der Waals surface area contributed by atoms with Gasteiger partial charge in [-0.3, -0.25) is 4.79 Å². The molecule has 1 aromatic carbocycles. The fourth-order valence-corrected chi connectivity index (χ4v) is 1.75. The summed E-state index contributed by atoms with van der Waals surface area (Å²) in [6.45, 7) is 1.71. The maximum Gasteiger partial charge on any atom is 0.338 e. The molecule has 1 aromatic rings. The van der Waals surface area contributed by atoms with Gasteiger partial charge in [-0.15, -0.1) is 0 Å².